The number of rotatable bonds is 5. The van der Waals surface area contributed by atoms with Gasteiger partial charge in [0.15, 0.2) is 6.10 Å². The highest BCUT2D eigenvalue weighted by molar-refractivity contribution is 5.81. The van der Waals surface area contributed by atoms with E-state index in [1.54, 1.807) is 16.7 Å². The number of aryl methyl sites for hydroxylation is 1. The number of benzene rings is 1. The van der Waals surface area contributed by atoms with Crippen LogP contribution in [-0.2, 0) is 9.53 Å². The summed E-state index contributed by atoms with van der Waals surface area (Å²) in [6.45, 7) is 8.08. The molecule has 0 N–H and O–H groups in total. The van der Waals surface area contributed by atoms with E-state index in [2.05, 4.69) is 0 Å². The van der Waals surface area contributed by atoms with Crippen molar-refractivity contribution < 1.29 is 19.1 Å². The summed E-state index contributed by atoms with van der Waals surface area (Å²) in [5.74, 6) is 0.674. The fourth-order valence-electron chi connectivity index (χ4n) is 2.62. The van der Waals surface area contributed by atoms with Crippen LogP contribution in [0.15, 0.2) is 24.3 Å². The molecule has 0 aromatic heterocycles. The fourth-order valence-corrected chi connectivity index (χ4v) is 2.62. The van der Waals surface area contributed by atoms with E-state index in [0.29, 0.717) is 45.0 Å². The Kier molecular flexibility index (Phi) is 6.46. The lowest BCUT2D eigenvalue weighted by Crippen LogP contribution is -2.53. The quantitative estimate of drug-likeness (QED) is 0.830. The first-order valence-corrected chi connectivity index (χ1v) is 8.49. The lowest BCUT2D eigenvalue weighted by molar-refractivity contribution is -0.140. The minimum atomic E-state index is -0.498. The minimum absolute atomic E-state index is 0.0263. The van der Waals surface area contributed by atoms with Crippen LogP contribution < -0.4 is 4.74 Å². The van der Waals surface area contributed by atoms with Crippen LogP contribution in [-0.4, -0.2) is 60.7 Å². The monoisotopic (exact) mass is 334 g/mol. The highest BCUT2D eigenvalue weighted by Gasteiger charge is 2.29. The molecule has 6 nitrogen and oxygen atoms in total. The van der Waals surface area contributed by atoms with Gasteiger partial charge in [-0.3, -0.25) is 4.79 Å². The third-order valence-electron chi connectivity index (χ3n) is 4.06. The van der Waals surface area contributed by atoms with Gasteiger partial charge in [0.2, 0.25) is 0 Å². The van der Waals surface area contributed by atoms with Gasteiger partial charge in [-0.2, -0.15) is 0 Å². The van der Waals surface area contributed by atoms with E-state index < -0.39 is 6.10 Å². The maximum absolute atomic E-state index is 12.7. The zero-order valence-corrected chi connectivity index (χ0v) is 14.7. The van der Waals surface area contributed by atoms with Gasteiger partial charge < -0.3 is 19.3 Å². The predicted octanol–water partition coefficient (Wildman–Crippen LogP) is 2.45. The van der Waals surface area contributed by atoms with Crippen molar-refractivity contribution in [2.24, 2.45) is 0 Å². The van der Waals surface area contributed by atoms with E-state index in [9.17, 15) is 9.59 Å². The van der Waals surface area contributed by atoms with Gasteiger partial charge in [0, 0.05) is 26.2 Å². The predicted molar refractivity (Wildman–Crippen MR) is 91.1 cm³/mol. The van der Waals surface area contributed by atoms with E-state index >= 15 is 0 Å². The number of nitrogens with zero attached hydrogens (tertiary/aromatic N) is 2. The molecule has 1 aromatic rings. The molecule has 132 valence electrons. The Morgan fingerprint density at radius 3 is 2.17 bits per heavy atom. The maximum Gasteiger partial charge on any atom is 0.409 e. The summed E-state index contributed by atoms with van der Waals surface area (Å²) in [5.41, 5.74) is 1.15. The van der Waals surface area contributed by atoms with Crippen molar-refractivity contribution in [2.75, 3.05) is 32.8 Å². The second-order valence-electron chi connectivity index (χ2n) is 5.84. The molecule has 0 radical (unpaired) electrons. The number of carbonyl (C=O) groups excluding carboxylic acids is 2. The molecule has 0 unspecified atom stereocenters. The Labute approximate surface area is 143 Å². The number of piperazine rings is 1. The Balaban J connectivity index is 1.90. The average Bonchev–Trinajstić information content (AvgIpc) is 2.61. The van der Waals surface area contributed by atoms with Gasteiger partial charge in [-0.05, 0) is 32.4 Å². The van der Waals surface area contributed by atoms with Crippen LogP contribution in [0.1, 0.15) is 25.8 Å². The summed E-state index contributed by atoms with van der Waals surface area (Å²) in [6, 6.07) is 7.68. The summed E-state index contributed by atoms with van der Waals surface area (Å²) in [7, 11) is 0. The van der Waals surface area contributed by atoms with Crippen LogP contribution in [0.4, 0.5) is 4.79 Å². The lowest BCUT2D eigenvalue weighted by atomic mass is 10.2. The molecule has 0 saturated carbocycles. The highest BCUT2D eigenvalue weighted by atomic mass is 16.6. The molecule has 2 rings (SSSR count). The number of hydrogen-bond donors (Lipinski definition) is 0. The van der Waals surface area contributed by atoms with Gasteiger partial charge in [-0.25, -0.2) is 4.79 Å². The third kappa shape index (κ3) is 4.63. The lowest BCUT2D eigenvalue weighted by Gasteiger charge is -2.35. The van der Waals surface area contributed by atoms with Crippen LogP contribution in [0.5, 0.6) is 5.75 Å². The molecule has 0 spiro atoms. The average molecular weight is 334 g/mol. The number of amides is 2. The third-order valence-corrected chi connectivity index (χ3v) is 4.06. The molecule has 1 heterocycles. The van der Waals surface area contributed by atoms with E-state index in [0.717, 1.165) is 5.56 Å². The minimum Gasteiger partial charge on any atom is -0.481 e. The zero-order valence-electron chi connectivity index (χ0n) is 14.7. The molecule has 1 aliphatic rings. The van der Waals surface area contributed by atoms with Gasteiger partial charge in [-0.15, -0.1) is 0 Å². The molecule has 0 bridgehead atoms. The highest BCUT2D eigenvalue weighted by Crippen LogP contribution is 2.16. The summed E-state index contributed by atoms with van der Waals surface area (Å²) in [6.07, 6.45) is -0.209. The largest absolute Gasteiger partial charge is 0.481 e. The Morgan fingerprint density at radius 1 is 1.04 bits per heavy atom. The second-order valence-corrected chi connectivity index (χ2v) is 5.84. The Morgan fingerprint density at radius 2 is 1.62 bits per heavy atom. The molecule has 6 heteroatoms. The molecule has 1 aromatic carbocycles. The first-order valence-electron chi connectivity index (χ1n) is 8.49. The Hall–Kier alpha value is -2.24. The molecule has 1 fully saturated rings. The normalized spacial score (nSPS) is 15.8. The molecule has 1 saturated heterocycles. The van der Waals surface area contributed by atoms with Crippen molar-refractivity contribution in [3.8, 4) is 5.75 Å². The molecule has 1 aliphatic heterocycles. The van der Waals surface area contributed by atoms with Crippen molar-refractivity contribution in [3.63, 3.8) is 0 Å². The van der Waals surface area contributed by atoms with Crippen molar-refractivity contribution in [3.05, 3.63) is 29.8 Å². The fraction of sp³-hybridized carbons (Fsp3) is 0.556. The zero-order chi connectivity index (χ0) is 17.5. The van der Waals surface area contributed by atoms with E-state index in [1.165, 1.54) is 0 Å². The Bertz CT molecular complexity index is 551. The second kappa shape index (κ2) is 8.57. The summed E-state index contributed by atoms with van der Waals surface area (Å²) in [5, 5.41) is 0. The van der Waals surface area contributed by atoms with Crippen LogP contribution in [0.3, 0.4) is 0 Å². The summed E-state index contributed by atoms with van der Waals surface area (Å²) < 4.78 is 10.8. The van der Waals surface area contributed by atoms with Crippen molar-refractivity contribution in [2.45, 2.75) is 33.3 Å². The number of ether oxygens (including phenoxy) is 2. The molecule has 24 heavy (non-hydrogen) atoms. The SMILES string of the molecule is CCOC(=O)N1CCN(C(=O)[C@H](CC)Oc2ccc(C)cc2)CC1. The summed E-state index contributed by atoms with van der Waals surface area (Å²) >= 11 is 0. The topological polar surface area (TPSA) is 59.1 Å². The van der Waals surface area contributed by atoms with Gasteiger partial charge in [-0.1, -0.05) is 24.6 Å². The van der Waals surface area contributed by atoms with Crippen LogP contribution in [0.2, 0.25) is 0 Å². The standard InChI is InChI=1S/C18H26N2O4/c1-4-16(24-15-8-6-14(3)7-9-15)17(21)19-10-12-20(13-11-19)18(22)23-5-2/h6-9,16H,4-5,10-13H2,1-3H3/t16-/m0/s1. The van der Waals surface area contributed by atoms with Crippen LogP contribution >= 0.6 is 0 Å². The molecular formula is C18H26N2O4. The number of hydrogen-bond acceptors (Lipinski definition) is 4. The van der Waals surface area contributed by atoms with Gasteiger partial charge in [0.25, 0.3) is 5.91 Å². The van der Waals surface area contributed by atoms with E-state index in [1.807, 2.05) is 38.1 Å². The van der Waals surface area contributed by atoms with Crippen LogP contribution in [0, 0.1) is 6.92 Å². The van der Waals surface area contributed by atoms with Crippen molar-refractivity contribution in [1.29, 1.82) is 0 Å². The molecule has 2 amide bonds. The van der Waals surface area contributed by atoms with Gasteiger partial charge in [0.05, 0.1) is 6.61 Å². The first kappa shape index (κ1) is 18.1. The smallest absolute Gasteiger partial charge is 0.409 e. The van der Waals surface area contributed by atoms with Crippen molar-refractivity contribution >= 4 is 12.0 Å². The molecular weight excluding hydrogens is 308 g/mol. The maximum atomic E-state index is 12.7. The molecule has 0 aliphatic carbocycles. The number of carbonyl (C=O) groups is 2. The van der Waals surface area contributed by atoms with Crippen LogP contribution in [0.25, 0.3) is 0 Å². The van der Waals surface area contributed by atoms with E-state index in [4.69, 9.17) is 9.47 Å². The van der Waals surface area contributed by atoms with Crippen molar-refractivity contribution in [1.82, 2.24) is 9.80 Å². The summed E-state index contributed by atoms with van der Waals surface area (Å²) in [4.78, 5) is 27.8. The molecule has 1 atom stereocenters. The van der Waals surface area contributed by atoms with Gasteiger partial charge >= 0.3 is 6.09 Å². The van der Waals surface area contributed by atoms with Gasteiger partial charge in [0.1, 0.15) is 5.75 Å². The van der Waals surface area contributed by atoms with E-state index in [-0.39, 0.29) is 12.0 Å². The first-order chi connectivity index (χ1) is 11.5.